The second-order valence-electron chi connectivity index (χ2n) is 5.30. The standard InChI is InChI=1S/C14H18FNO6S/c15-14(9-21-5-6-22-10-14)8-16-23(19,20)12-3-1-11(2-4-12)7-13(17)18/h1-4,16H,5-10H2,(H,17,18). The van der Waals surface area contributed by atoms with Gasteiger partial charge in [-0.05, 0) is 17.7 Å². The number of hydrogen-bond acceptors (Lipinski definition) is 5. The van der Waals surface area contributed by atoms with Crippen LogP contribution in [0, 0.1) is 0 Å². The van der Waals surface area contributed by atoms with E-state index >= 15 is 0 Å². The van der Waals surface area contributed by atoms with E-state index in [-0.39, 0.29) is 37.7 Å². The summed E-state index contributed by atoms with van der Waals surface area (Å²) >= 11 is 0. The Hall–Kier alpha value is -1.55. The first-order valence-corrected chi connectivity index (χ1v) is 8.44. The predicted octanol–water partition coefficient (Wildman–Crippen LogP) is 0.347. The van der Waals surface area contributed by atoms with Gasteiger partial charge in [0.1, 0.15) is 0 Å². The molecule has 23 heavy (non-hydrogen) atoms. The summed E-state index contributed by atoms with van der Waals surface area (Å²) in [6.45, 7) is -0.417. The zero-order valence-electron chi connectivity index (χ0n) is 12.3. The minimum atomic E-state index is -3.90. The quantitative estimate of drug-likeness (QED) is 0.770. The Morgan fingerprint density at radius 1 is 1.22 bits per heavy atom. The van der Waals surface area contributed by atoms with Crippen LogP contribution < -0.4 is 4.72 Å². The fourth-order valence-corrected chi connectivity index (χ4v) is 3.15. The topological polar surface area (TPSA) is 102 Å². The zero-order valence-corrected chi connectivity index (χ0v) is 13.1. The van der Waals surface area contributed by atoms with E-state index in [0.717, 1.165) is 0 Å². The maximum Gasteiger partial charge on any atom is 0.307 e. The minimum Gasteiger partial charge on any atom is -0.481 e. The molecule has 0 aliphatic carbocycles. The highest BCUT2D eigenvalue weighted by molar-refractivity contribution is 7.89. The number of ether oxygens (including phenoxy) is 2. The number of halogens is 1. The van der Waals surface area contributed by atoms with Crippen LogP contribution in [0.4, 0.5) is 4.39 Å². The number of benzene rings is 1. The van der Waals surface area contributed by atoms with Crippen LogP contribution in [0.5, 0.6) is 0 Å². The Morgan fingerprint density at radius 2 is 1.78 bits per heavy atom. The molecule has 1 fully saturated rings. The Bertz CT molecular complexity index is 638. The van der Waals surface area contributed by atoms with E-state index in [1.807, 2.05) is 0 Å². The summed E-state index contributed by atoms with van der Waals surface area (Å²) in [7, 11) is -3.90. The van der Waals surface area contributed by atoms with Crippen LogP contribution in [0.1, 0.15) is 5.56 Å². The molecule has 0 bridgehead atoms. The van der Waals surface area contributed by atoms with E-state index in [9.17, 15) is 17.6 Å². The number of rotatable bonds is 6. The van der Waals surface area contributed by atoms with Gasteiger partial charge >= 0.3 is 5.97 Å². The monoisotopic (exact) mass is 347 g/mol. The van der Waals surface area contributed by atoms with Crippen LogP contribution >= 0.6 is 0 Å². The first-order valence-electron chi connectivity index (χ1n) is 6.96. The van der Waals surface area contributed by atoms with E-state index < -0.39 is 28.2 Å². The number of aliphatic carboxylic acids is 1. The van der Waals surface area contributed by atoms with Gasteiger partial charge in [-0.2, -0.15) is 0 Å². The third-order valence-corrected chi connectivity index (χ3v) is 4.68. The van der Waals surface area contributed by atoms with Crippen molar-refractivity contribution in [1.29, 1.82) is 0 Å². The second kappa shape index (κ2) is 7.35. The van der Waals surface area contributed by atoms with Crippen molar-refractivity contribution in [3.05, 3.63) is 29.8 Å². The largest absolute Gasteiger partial charge is 0.481 e. The number of hydrogen-bond donors (Lipinski definition) is 2. The van der Waals surface area contributed by atoms with Crippen molar-refractivity contribution < 1.29 is 32.2 Å². The summed E-state index contributed by atoms with van der Waals surface area (Å²) in [5.41, 5.74) is -1.45. The van der Waals surface area contributed by atoms with Gasteiger partial charge in [0.25, 0.3) is 0 Å². The number of carbonyl (C=O) groups is 1. The van der Waals surface area contributed by atoms with Gasteiger partial charge in [-0.1, -0.05) is 12.1 Å². The lowest BCUT2D eigenvalue weighted by molar-refractivity contribution is -0.136. The predicted molar refractivity (Wildman–Crippen MR) is 78.4 cm³/mol. The minimum absolute atomic E-state index is 0.0642. The third kappa shape index (κ3) is 5.24. The first-order chi connectivity index (χ1) is 10.8. The van der Waals surface area contributed by atoms with Gasteiger partial charge in [0.15, 0.2) is 5.67 Å². The third-order valence-electron chi connectivity index (χ3n) is 3.26. The Kier molecular flexibility index (Phi) is 5.69. The summed E-state index contributed by atoms with van der Waals surface area (Å²) in [4.78, 5) is 10.5. The SMILES string of the molecule is O=C(O)Cc1ccc(S(=O)(=O)NCC2(F)COCCOC2)cc1. The highest BCUT2D eigenvalue weighted by Crippen LogP contribution is 2.17. The molecule has 1 aromatic carbocycles. The van der Waals surface area contributed by atoms with Gasteiger partial charge in [-0.15, -0.1) is 0 Å². The molecule has 2 rings (SSSR count). The molecular formula is C14H18FNO6S. The molecule has 1 aliphatic heterocycles. The van der Waals surface area contributed by atoms with Crippen LogP contribution in [0.25, 0.3) is 0 Å². The van der Waals surface area contributed by atoms with E-state index in [4.69, 9.17) is 14.6 Å². The average Bonchev–Trinajstić information content (AvgIpc) is 2.71. The molecule has 0 saturated carbocycles. The summed E-state index contributed by atoms with van der Waals surface area (Å²) in [6.07, 6.45) is -0.198. The highest BCUT2D eigenvalue weighted by Gasteiger charge is 2.34. The molecular weight excluding hydrogens is 329 g/mol. The lowest BCUT2D eigenvalue weighted by Crippen LogP contribution is -2.45. The van der Waals surface area contributed by atoms with Crippen molar-refractivity contribution in [3.8, 4) is 0 Å². The van der Waals surface area contributed by atoms with E-state index in [2.05, 4.69) is 4.72 Å². The van der Waals surface area contributed by atoms with Crippen molar-refractivity contribution >= 4 is 16.0 Å². The molecule has 0 spiro atoms. The molecule has 128 valence electrons. The molecule has 1 saturated heterocycles. The molecule has 0 radical (unpaired) electrons. The van der Waals surface area contributed by atoms with Crippen LogP contribution in [-0.2, 0) is 30.7 Å². The van der Waals surface area contributed by atoms with E-state index in [1.54, 1.807) is 0 Å². The van der Waals surface area contributed by atoms with E-state index in [0.29, 0.717) is 5.56 Å². The number of carboxylic acid groups (broad SMARTS) is 1. The lowest BCUT2D eigenvalue weighted by atomic mass is 10.1. The van der Waals surface area contributed by atoms with Crippen LogP contribution in [0.2, 0.25) is 0 Å². The lowest BCUT2D eigenvalue weighted by Gasteiger charge is -2.22. The molecule has 9 heteroatoms. The summed E-state index contributed by atoms with van der Waals surface area (Å²) < 4.78 is 51.0. The summed E-state index contributed by atoms with van der Waals surface area (Å²) in [6, 6.07) is 5.38. The van der Waals surface area contributed by atoms with Gasteiger partial charge in [0.05, 0.1) is 37.7 Å². The van der Waals surface area contributed by atoms with Gasteiger partial charge in [-0.25, -0.2) is 17.5 Å². The van der Waals surface area contributed by atoms with E-state index in [1.165, 1.54) is 24.3 Å². The number of carboxylic acids is 1. The zero-order chi connectivity index (χ0) is 16.9. The summed E-state index contributed by atoms with van der Waals surface area (Å²) in [5.74, 6) is -1.01. The average molecular weight is 347 g/mol. The fraction of sp³-hybridized carbons (Fsp3) is 0.500. The maximum absolute atomic E-state index is 14.4. The van der Waals surface area contributed by atoms with Crippen molar-refractivity contribution in [2.45, 2.75) is 17.0 Å². The first kappa shape index (κ1) is 17.8. The molecule has 0 atom stereocenters. The summed E-state index contributed by atoms with van der Waals surface area (Å²) in [5, 5.41) is 8.68. The second-order valence-corrected chi connectivity index (χ2v) is 7.06. The Morgan fingerprint density at radius 3 is 2.30 bits per heavy atom. The van der Waals surface area contributed by atoms with Crippen molar-refractivity contribution in [3.63, 3.8) is 0 Å². The highest BCUT2D eigenvalue weighted by atomic mass is 32.2. The van der Waals surface area contributed by atoms with Crippen LogP contribution in [-0.4, -0.2) is 58.1 Å². The van der Waals surface area contributed by atoms with Crippen LogP contribution in [0.15, 0.2) is 29.2 Å². The molecule has 2 N–H and O–H groups in total. The number of sulfonamides is 1. The fourth-order valence-electron chi connectivity index (χ4n) is 2.04. The van der Waals surface area contributed by atoms with Gasteiger partial charge < -0.3 is 14.6 Å². The van der Waals surface area contributed by atoms with Crippen molar-refractivity contribution in [1.82, 2.24) is 4.72 Å². The van der Waals surface area contributed by atoms with Gasteiger partial charge in [0.2, 0.25) is 10.0 Å². The maximum atomic E-state index is 14.4. The number of alkyl halides is 1. The molecule has 0 amide bonds. The molecule has 7 nitrogen and oxygen atoms in total. The molecule has 1 heterocycles. The van der Waals surface area contributed by atoms with Crippen molar-refractivity contribution in [2.24, 2.45) is 0 Å². The van der Waals surface area contributed by atoms with Gasteiger partial charge in [-0.3, -0.25) is 4.79 Å². The van der Waals surface area contributed by atoms with Crippen molar-refractivity contribution in [2.75, 3.05) is 33.0 Å². The smallest absolute Gasteiger partial charge is 0.307 e. The van der Waals surface area contributed by atoms with Crippen LogP contribution in [0.3, 0.4) is 0 Å². The Labute approximate surface area is 133 Å². The molecule has 0 unspecified atom stereocenters. The normalized spacial score (nSPS) is 18.3. The molecule has 0 aromatic heterocycles. The molecule has 1 aliphatic rings. The number of nitrogens with one attached hydrogen (secondary N) is 1. The van der Waals surface area contributed by atoms with Gasteiger partial charge in [0, 0.05) is 6.54 Å². The Balaban J connectivity index is 2.02. The molecule has 1 aromatic rings.